The molecular formula is C9H18O2S. The highest BCUT2D eigenvalue weighted by Crippen LogP contribution is 2.09. The lowest BCUT2D eigenvalue weighted by Gasteiger charge is -2.06. The first kappa shape index (κ1) is 12.0. The molecule has 0 radical (unpaired) electrons. The van der Waals surface area contributed by atoms with Crippen LogP contribution in [0.4, 0.5) is 0 Å². The zero-order valence-electron chi connectivity index (χ0n) is 7.88. The largest absolute Gasteiger partial charge is 0.384 e. The maximum atomic E-state index is 10.9. The number of unbranched alkanes of at least 4 members (excludes halogenated alkanes) is 3. The molecule has 0 aromatic carbocycles. The Morgan fingerprint density at radius 3 is 2.58 bits per heavy atom. The van der Waals surface area contributed by atoms with Gasteiger partial charge < -0.3 is 5.11 Å². The Labute approximate surface area is 78.7 Å². The van der Waals surface area contributed by atoms with E-state index < -0.39 is 6.10 Å². The highest BCUT2D eigenvalue weighted by molar-refractivity contribution is 8.13. The Morgan fingerprint density at radius 1 is 1.42 bits per heavy atom. The number of aliphatic hydroxyl groups is 1. The summed E-state index contributed by atoms with van der Waals surface area (Å²) in [5.41, 5.74) is 0. The summed E-state index contributed by atoms with van der Waals surface area (Å²) in [6, 6.07) is 0. The smallest absolute Gasteiger partial charge is 0.217 e. The molecule has 0 heterocycles. The molecular weight excluding hydrogens is 172 g/mol. The minimum absolute atomic E-state index is 0.105. The standard InChI is InChI=1S/C9H18O2S/c1-3-4-5-6-7-8(10)9(11)12-2/h8,10H,3-7H2,1-2H3. The number of rotatable bonds is 6. The Morgan fingerprint density at radius 2 is 2.08 bits per heavy atom. The lowest BCUT2D eigenvalue weighted by molar-refractivity contribution is -0.118. The topological polar surface area (TPSA) is 37.3 Å². The lowest BCUT2D eigenvalue weighted by Crippen LogP contribution is -2.16. The molecule has 0 aliphatic carbocycles. The van der Waals surface area contributed by atoms with Gasteiger partial charge in [-0.15, -0.1) is 0 Å². The number of hydrogen-bond donors (Lipinski definition) is 1. The van der Waals surface area contributed by atoms with E-state index in [1.807, 2.05) is 0 Å². The van der Waals surface area contributed by atoms with Crippen LogP contribution in [0, 0.1) is 0 Å². The summed E-state index contributed by atoms with van der Waals surface area (Å²) in [5, 5.41) is 9.14. The molecule has 72 valence electrons. The highest BCUT2D eigenvalue weighted by Gasteiger charge is 2.12. The van der Waals surface area contributed by atoms with E-state index in [0.717, 1.165) is 24.6 Å². The molecule has 12 heavy (non-hydrogen) atoms. The summed E-state index contributed by atoms with van der Waals surface area (Å²) >= 11 is 1.11. The fraction of sp³-hybridized carbons (Fsp3) is 0.889. The second-order valence-electron chi connectivity index (χ2n) is 2.89. The van der Waals surface area contributed by atoms with Crippen LogP contribution in [-0.2, 0) is 4.79 Å². The van der Waals surface area contributed by atoms with E-state index in [1.165, 1.54) is 12.8 Å². The maximum Gasteiger partial charge on any atom is 0.217 e. The first-order chi connectivity index (χ1) is 5.72. The van der Waals surface area contributed by atoms with Gasteiger partial charge in [0.25, 0.3) is 0 Å². The molecule has 2 nitrogen and oxygen atoms in total. The normalized spacial score (nSPS) is 12.9. The first-order valence-electron chi connectivity index (χ1n) is 4.48. The molecule has 0 aliphatic rings. The van der Waals surface area contributed by atoms with E-state index in [4.69, 9.17) is 0 Å². The Balaban J connectivity index is 3.31. The fourth-order valence-electron chi connectivity index (χ4n) is 1.02. The predicted octanol–water partition coefficient (Wildman–Crippen LogP) is 2.21. The number of aliphatic hydroxyl groups excluding tert-OH is 1. The van der Waals surface area contributed by atoms with Crippen LogP contribution in [0.15, 0.2) is 0 Å². The summed E-state index contributed by atoms with van der Waals surface area (Å²) in [4.78, 5) is 10.9. The van der Waals surface area contributed by atoms with Crippen LogP contribution in [0.3, 0.4) is 0 Å². The SMILES string of the molecule is CCCCCCC(O)C(=O)SC. The Hall–Kier alpha value is -0.0200. The zero-order chi connectivity index (χ0) is 9.40. The van der Waals surface area contributed by atoms with Gasteiger partial charge in [-0.2, -0.15) is 0 Å². The van der Waals surface area contributed by atoms with Crippen molar-refractivity contribution in [1.29, 1.82) is 0 Å². The third kappa shape index (κ3) is 5.61. The third-order valence-corrected chi connectivity index (χ3v) is 2.48. The Kier molecular flexibility index (Phi) is 7.61. The third-order valence-electron chi connectivity index (χ3n) is 1.80. The molecule has 1 unspecified atom stereocenters. The molecule has 0 amide bonds. The predicted molar refractivity (Wildman–Crippen MR) is 53.3 cm³/mol. The summed E-state index contributed by atoms with van der Waals surface area (Å²) in [7, 11) is 0. The van der Waals surface area contributed by atoms with Crippen LogP contribution in [-0.4, -0.2) is 22.6 Å². The van der Waals surface area contributed by atoms with Gasteiger partial charge in [0.2, 0.25) is 5.12 Å². The van der Waals surface area contributed by atoms with Crippen LogP contribution in [0.25, 0.3) is 0 Å². The van der Waals surface area contributed by atoms with Crippen molar-refractivity contribution in [3.63, 3.8) is 0 Å². The molecule has 0 spiro atoms. The van der Waals surface area contributed by atoms with E-state index >= 15 is 0 Å². The van der Waals surface area contributed by atoms with Crippen molar-refractivity contribution in [2.45, 2.75) is 45.1 Å². The van der Waals surface area contributed by atoms with Crippen LogP contribution in [0.5, 0.6) is 0 Å². The van der Waals surface area contributed by atoms with Crippen molar-refractivity contribution in [2.24, 2.45) is 0 Å². The van der Waals surface area contributed by atoms with E-state index in [1.54, 1.807) is 6.26 Å². The molecule has 0 aliphatic heterocycles. The van der Waals surface area contributed by atoms with Crippen molar-refractivity contribution < 1.29 is 9.90 Å². The van der Waals surface area contributed by atoms with Crippen molar-refractivity contribution in [3.8, 4) is 0 Å². The minimum atomic E-state index is -0.739. The fourth-order valence-corrected chi connectivity index (χ4v) is 1.41. The van der Waals surface area contributed by atoms with Gasteiger partial charge in [-0.25, -0.2) is 0 Å². The van der Waals surface area contributed by atoms with Crippen LogP contribution < -0.4 is 0 Å². The van der Waals surface area contributed by atoms with Gasteiger partial charge in [0, 0.05) is 0 Å². The molecule has 1 N–H and O–H groups in total. The number of thioether (sulfide) groups is 1. The molecule has 0 aromatic rings. The number of carbonyl (C=O) groups is 1. The monoisotopic (exact) mass is 190 g/mol. The van der Waals surface area contributed by atoms with E-state index in [9.17, 15) is 9.90 Å². The number of hydrogen-bond acceptors (Lipinski definition) is 3. The molecule has 0 saturated carbocycles. The van der Waals surface area contributed by atoms with Gasteiger partial charge in [0.05, 0.1) is 0 Å². The van der Waals surface area contributed by atoms with Crippen LogP contribution in [0.1, 0.15) is 39.0 Å². The number of carbonyl (C=O) groups excluding carboxylic acids is 1. The van der Waals surface area contributed by atoms with Gasteiger partial charge in [-0.05, 0) is 12.7 Å². The molecule has 0 bridgehead atoms. The Bertz CT molecular complexity index is 126. The molecule has 0 aromatic heterocycles. The first-order valence-corrected chi connectivity index (χ1v) is 5.70. The van der Waals surface area contributed by atoms with E-state index in [-0.39, 0.29) is 5.12 Å². The van der Waals surface area contributed by atoms with Gasteiger partial charge in [0.1, 0.15) is 6.10 Å². The average molecular weight is 190 g/mol. The van der Waals surface area contributed by atoms with Gasteiger partial charge >= 0.3 is 0 Å². The van der Waals surface area contributed by atoms with Gasteiger partial charge in [-0.3, -0.25) is 4.79 Å². The van der Waals surface area contributed by atoms with Crippen LogP contribution >= 0.6 is 11.8 Å². The summed E-state index contributed by atoms with van der Waals surface area (Å²) in [6.45, 7) is 2.14. The van der Waals surface area contributed by atoms with E-state index in [2.05, 4.69) is 6.92 Å². The van der Waals surface area contributed by atoms with Crippen molar-refractivity contribution in [3.05, 3.63) is 0 Å². The molecule has 1 atom stereocenters. The van der Waals surface area contributed by atoms with Gasteiger partial charge in [-0.1, -0.05) is 44.4 Å². The van der Waals surface area contributed by atoms with Crippen molar-refractivity contribution >= 4 is 16.9 Å². The average Bonchev–Trinajstić information content (AvgIpc) is 2.10. The summed E-state index contributed by atoms with van der Waals surface area (Å²) in [5.74, 6) is 0. The summed E-state index contributed by atoms with van der Waals surface area (Å²) < 4.78 is 0. The van der Waals surface area contributed by atoms with Crippen molar-refractivity contribution in [2.75, 3.05) is 6.26 Å². The second kappa shape index (κ2) is 7.62. The minimum Gasteiger partial charge on any atom is -0.384 e. The maximum absolute atomic E-state index is 10.9. The highest BCUT2D eigenvalue weighted by atomic mass is 32.2. The molecule has 0 rings (SSSR count). The zero-order valence-corrected chi connectivity index (χ0v) is 8.69. The molecule has 0 saturated heterocycles. The van der Waals surface area contributed by atoms with Crippen molar-refractivity contribution in [1.82, 2.24) is 0 Å². The summed E-state index contributed by atoms with van der Waals surface area (Å²) in [6.07, 6.45) is 6.05. The quantitative estimate of drug-likeness (QED) is 0.652. The molecule has 0 fully saturated rings. The lowest BCUT2D eigenvalue weighted by atomic mass is 10.1. The second-order valence-corrected chi connectivity index (χ2v) is 3.70. The van der Waals surface area contributed by atoms with Gasteiger partial charge in [0.15, 0.2) is 0 Å². The molecule has 3 heteroatoms. The van der Waals surface area contributed by atoms with Crippen LogP contribution in [0.2, 0.25) is 0 Å². The van der Waals surface area contributed by atoms with E-state index in [0.29, 0.717) is 6.42 Å².